The Bertz CT molecular complexity index is 426. The molecule has 0 spiro atoms. The third-order valence-electron chi connectivity index (χ3n) is 4.39. The number of cyclic esters (lactones) is 1. The lowest BCUT2D eigenvalue weighted by Gasteiger charge is -2.48. The summed E-state index contributed by atoms with van der Waals surface area (Å²) in [5.74, 6) is 0.0560. The highest BCUT2D eigenvalue weighted by molar-refractivity contribution is 5.81. The number of ether oxygens (including phenoxy) is 1. The van der Waals surface area contributed by atoms with Crippen LogP contribution in [0.15, 0.2) is 30.3 Å². The SMILES string of the molecule is CCCCCC1(c2ccccc2)OC(=O)C1CCCC. The highest BCUT2D eigenvalue weighted by Gasteiger charge is 2.56. The topological polar surface area (TPSA) is 26.3 Å². The van der Waals surface area contributed by atoms with Crippen molar-refractivity contribution in [3.05, 3.63) is 35.9 Å². The molecule has 1 aliphatic heterocycles. The predicted octanol–water partition coefficient (Wildman–Crippen LogP) is 4.83. The van der Waals surface area contributed by atoms with Crippen molar-refractivity contribution >= 4 is 5.97 Å². The van der Waals surface area contributed by atoms with Crippen LogP contribution in [0, 0.1) is 5.92 Å². The Balaban J connectivity index is 2.18. The summed E-state index contributed by atoms with van der Waals surface area (Å²) in [6.07, 6.45) is 7.67. The maximum absolute atomic E-state index is 11.9. The van der Waals surface area contributed by atoms with E-state index in [0.717, 1.165) is 32.1 Å². The molecular weight excluding hydrogens is 248 g/mol. The molecule has 2 heteroatoms. The first-order valence-corrected chi connectivity index (χ1v) is 8.03. The highest BCUT2D eigenvalue weighted by Crippen LogP contribution is 2.49. The first-order valence-electron chi connectivity index (χ1n) is 8.03. The Labute approximate surface area is 122 Å². The summed E-state index contributed by atoms with van der Waals surface area (Å²) in [6.45, 7) is 4.38. The van der Waals surface area contributed by atoms with E-state index in [-0.39, 0.29) is 17.5 Å². The fourth-order valence-corrected chi connectivity index (χ4v) is 3.20. The lowest BCUT2D eigenvalue weighted by atomic mass is 9.71. The zero-order valence-electron chi connectivity index (χ0n) is 12.7. The van der Waals surface area contributed by atoms with Crippen LogP contribution in [0.3, 0.4) is 0 Å². The van der Waals surface area contributed by atoms with Gasteiger partial charge in [-0.3, -0.25) is 4.79 Å². The molecule has 0 bridgehead atoms. The van der Waals surface area contributed by atoms with E-state index in [1.165, 1.54) is 18.4 Å². The van der Waals surface area contributed by atoms with E-state index < -0.39 is 0 Å². The molecule has 1 heterocycles. The van der Waals surface area contributed by atoms with Crippen molar-refractivity contribution in [1.82, 2.24) is 0 Å². The molecule has 0 N–H and O–H groups in total. The van der Waals surface area contributed by atoms with Gasteiger partial charge in [-0.1, -0.05) is 69.9 Å². The molecule has 1 fully saturated rings. The second-order valence-corrected chi connectivity index (χ2v) is 5.83. The Morgan fingerprint density at radius 1 is 1.05 bits per heavy atom. The lowest BCUT2D eigenvalue weighted by molar-refractivity contribution is -0.220. The average molecular weight is 274 g/mol. The third-order valence-corrected chi connectivity index (χ3v) is 4.39. The van der Waals surface area contributed by atoms with Gasteiger partial charge in [0.2, 0.25) is 0 Å². The molecule has 1 aliphatic rings. The molecule has 2 atom stereocenters. The number of rotatable bonds is 8. The minimum absolute atomic E-state index is 0.00111. The van der Waals surface area contributed by atoms with Crippen molar-refractivity contribution in [2.75, 3.05) is 0 Å². The molecule has 2 rings (SSSR count). The van der Waals surface area contributed by atoms with E-state index in [9.17, 15) is 4.79 Å². The van der Waals surface area contributed by atoms with Crippen LogP contribution in [-0.2, 0) is 15.1 Å². The number of esters is 1. The molecular formula is C18H26O2. The van der Waals surface area contributed by atoms with E-state index in [2.05, 4.69) is 26.0 Å². The Morgan fingerprint density at radius 2 is 1.75 bits per heavy atom. The van der Waals surface area contributed by atoms with Crippen LogP contribution < -0.4 is 0 Å². The van der Waals surface area contributed by atoms with Crippen LogP contribution in [-0.4, -0.2) is 5.97 Å². The minimum atomic E-state index is -0.345. The zero-order chi connectivity index (χ0) is 14.4. The van der Waals surface area contributed by atoms with Gasteiger partial charge in [-0.15, -0.1) is 0 Å². The van der Waals surface area contributed by atoms with Gasteiger partial charge in [0, 0.05) is 0 Å². The summed E-state index contributed by atoms with van der Waals surface area (Å²) in [7, 11) is 0. The predicted molar refractivity (Wildman–Crippen MR) is 81.4 cm³/mol. The summed E-state index contributed by atoms with van der Waals surface area (Å²) in [5, 5.41) is 0. The fourth-order valence-electron chi connectivity index (χ4n) is 3.20. The molecule has 0 aliphatic carbocycles. The van der Waals surface area contributed by atoms with Crippen molar-refractivity contribution in [3.8, 4) is 0 Å². The van der Waals surface area contributed by atoms with Gasteiger partial charge < -0.3 is 4.74 Å². The smallest absolute Gasteiger partial charge is 0.314 e. The monoisotopic (exact) mass is 274 g/mol. The van der Waals surface area contributed by atoms with Crippen LogP contribution in [0.25, 0.3) is 0 Å². The lowest BCUT2D eigenvalue weighted by Crippen LogP contribution is -2.54. The van der Waals surface area contributed by atoms with Gasteiger partial charge in [-0.25, -0.2) is 0 Å². The van der Waals surface area contributed by atoms with Crippen LogP contribution in [0.4, 0.5) is 0 Å². The van der Waals surface area contributed by atoms with Crippen LogP contribution in [0.5, 0.6) is 0 Å². The second-order valence-electron chi connectivity index (χ2n) is 5.83. The van der Waals surface area contributed by atoms with Crippen molar-refractivity contribution in [3.63, 3.8) is 0 Å². The molecule has 0 saturated carbocycles. The summed E-state index contributed by atoms with van der Waals surface area (Å²) >= 11 is 0. The normalized spacial score (nSPS) is 25.1. The Morgan fingerprint density at radius 3 is 2.35 bits per heavy atom. The van der Waals surface area contributed by atoms with Crippen LogP contribution in [0.1, 0.15) is 64.4 Å². The summed E-state index contributed by atoms with van der Waals surface area (Å²) in [4.78, 5) is 11.9. The molecule has 0 aromatic heterocycles. The molecule has 110 valence electrons. The summed E-state index contributed by atoms with van der Waals surface area (Å²) in [6, 6.07) is 10.3. The highest BCUT2D eigenvalue weighted by atomic mass is 16.6. The van der Waals surface area contributed by atoms with Crippen LogP contribution >= 0.6 is 0 Å². The average Bonchev–Trinajstić information content (AvgIpc) is 2.47. The van der Waals surface area contributed by atoms with Gasteiger partial charge in [-0.05, 0) is 24.8 Å². The van der Waals surface area contributed by atoms with E-state index in [4.69, 9.17) is 4.74 Å². The molecule has 1 aromatic carbocycles. The van der Waals surface area contributed by atoms with E-state index in [1.54, 1.807) is 0 Å². The van der Waals surface area contributed by atoms with E-state index in [0.29, 0.717) is 0 Å². The minimum Gasteiger partial charge on any atom is -0.453 e. The number of hydrogen-bond donors (Lipinski definition) is 0. The molecule has 1 aromatic rings. The largest absolute Gasteiger partial charge is 0.453 e. The first kappa shape index (κ1) is 15.1. The maximum atomic E-state index is 11.9. The molecule has 0 radical (unpaired) electrons. The van der Waals surface area contributed by atoms with Crippen molar-refractivity contribution in [2.45, 2.75) is 64.4 Å². The molecule has 2 unspecified atom stereocenters. The fraction of sp³-hybridized carbons (Fsp3) is 0.611. The first-order chi connectivity index (χ1) is 9.74. The summed E-state index contributed by atoms with van der Waals surface area (Å²) in [5.41, 5.74) is 0.833. The van der Waals surface area contributed by atoms with Gasteiger partial charge in [0.05, 0.1) is 0 Å². The number of unbranched alkanes of at least 4 members (excludes halogenated alkanes) is 3. The number of hydrogen-bond acceptors (Lipinski definition) is 2. The summed E-state index contributed by atoms with van der Waals surface area (Å²) < 4.78 is 5.73. The quantitative estimate of drug-likeness (QED) is 0.501. The van der Waals surface area contributed by atoms with E-state index >= 15 is 0 Å². The van der Waals surface area contributed by atoms with Gasteiger partial charge in [-0.2, -0.15) is 0 Å². The van der Waals surface area contributed by atoms with Crippen LogP contribution in [0.2, 0.25) is 0 Å². The number of carbonyl (C=O) groups excluding carboxylic acids is 1. The zero-order valence-corrected chi connectivity index (χ0v) is 12.7. The van der Waals surface area contributed by atoms with Crippen molar-refractivity contribution in [2.24, 2.45) is 5.92 Å². The number of carbonyl (C=O) groups is 1. The number of benzene rings is 1. The second kappa shape index (κ2) is 6.92. The van der Waals surface area contributed by atoms with Gasteiger partial charge in [0.25, 0.3) is 0 Å². The molecule has 1 saturated heterocycles. The molecule has 0 amide bonds. The molecule has 20 heavy (non-hydrogen) atoms. The van der Waals surface area contributed by atoms with Gasteiger partial charge in [0.1, 0.15) is 5.92 Å². The molecule has 2 nitrogen and oxygen atoms in total. The maximum Gasteiger partial charge on any atom is 0.314 e. The third kappa shape index (κ3) is 2.89. The van der Waals surface area contributed by atoms with Crippen molar-refractivity contribution < 1.29 is 9.53 Å². The van der Waals surface area contributed by atoms with Gasteiger partial charge in [0.15, 0.2) is 5.60 Å². The Kier molecular flexibility index (Phi) is 5.22. The van der Waals surface area contributed by atoms with Crippen molar-refractivity contribution in [1.29, 1.82) is 0 Å². The Hall–Kier alpha value is -1.31. The van der Waals surface area contributed by atoms with Gasteiger partial charge >= 0.3 is 5.97 Å². The van der Waals surface area contributed by atoms with E-state index in [1.807, 2.05) is 18.2 Å². The standard InChI is InChI=1S/C18H26O2/c1-3-5-10-14-18(15-11-8-7-9-12-15)16(13-6-4-2)17(19)20-18/h7-9,11-12,16H,3-6,10,13-14H2,1-2H3.